The van der Waals surface area contributed by atoms with Crippen LogP contribution in [0.15, 0.2) is 23.5 Å². The molecule has 178 valence electrons. The molecule has 2 bridgehead atoms. The zero-order valence-electron chi connectivity index (χ0n) is 19.3. The number of aromatic hydroxyl groups is 1. The van der Waals surface area contributed by atoms with E-state index in [1.807, 2.05) is 25.1 Å². The lowest BCUT2D eigenvalue weighted by molar-refractivity contribution is -0.172. The molecule has 2 fully saturated rings. The van der Waals surface area contributed by atoms with Gasteiger partial charge in [0.05, 0.1) is 16.6 Å². The van der Waals surface area contributed by atoms with Gasteiger partial charge in [-0.2, -0.15) is 0 Å². The van der Waals surface area contributed by atoms with Gasteiger partial charge in [-0.05, 0) is 63.9 Å². The number of phenols is 1. The van der Waals surface area contributed by atoms with Crippen molar-refractivity contribution in [3.63, 3.8) is 0 Å². The standard InChI is InChI=1S/C25H33N3O5/c1-27(2)10-8-26-23(31)16-12-25(32)18-11-15-5-6-17(29)21-19(15)24(25,22(33-21)20(16)30)7-9-28(18)13-14-3-4-14/h5-6,14,18,22,29-30,32H,3-4,7-13H2,1-2H3,(H,26,31)/t18-,22+,24+,25-/m1/s1. The van der Waals surface area contributed by atoms with E-state index >= 15 is 0 Å². The summed E-state index contributed by atoms with van der Waals surface area (Å²) in [7, 11) is 3.86. The maximum atomic E-state index is 13.1. The topological polar surface area (TPSA) is 106 Å². The normalized spacial score (nSPS) is 34.3. The van der Waals surface area contributed by atoms with Gasteiger partial charge in [0, 0.05) is 37.7 Å². The highest BCUT2D eigenvalue weighted by Gasteiger charge is 2.73. The summed E-state index contributed by atoms with van der Waals surface area (Å²) in [6.45, 7) is 2.87. The number of ether oxygens (including phenoxy) is 1. The average molecular weight is 456 g/mol. The first-order valence-electron chi connectivity index (χ1n) is 12.1. The monoisotopic (exact) mass is 455 g/mol. The second-order valence-electron chi connectivity index (χ2n) is 10.8. The molecule has 8 nitrogen and oxygen atoms in total. The molecule has 33 heavy (non-hydrogen) atoms. The van der Waals surface area contributed by atoms with Crippen LogP contribution in [0.1, 0.15) is 36.8 Å². The summed E-state index contributed by atoms with van der Waals surface area (Å²) in [5.74, 6) is 0.574. The number of carbonyl (C=O) groups excluding carboxylic acids is 1. The van der Waals surface area contributed by atoms with E-state index in [4.69, 9.17) is 4.74 Å². The molecule has 0 radical (unpaired) electrons. The molecule has 1 saturated carbocycles. The molecular formula is C25H33N3O5. The Bertz CT molecular complexity index is 1050. The van der Waals surface area contributed by atoms with Crippen molar-refractivity contribution in [2.45, 2.75) is 55.3 Å². The molecule has 2 aliphatic heterocycles. The molecule has 1 aromatic rings. The number of aliphatic hydroxyl groups is 2. The number of likely N-dealkylation sites (tertiary alicyclic amines) is 1. The number of piperidine rings is 1. The first-order valence-corrected chi connectivity index (χ1v) is 12.1. The molecule has 0 aromatic heterocycles. The molecule has 8 heteroatoms. The summed E-state index contributed by atoms with van der Waals surface area (Å²) in [6, 6.07) is 3.40. The van der Waals surface area contributed by atoms with E-state index in [1.165, 1.54) is 12.8 Å². The van der Waals surface area contributed by atoms with Crippen molar-refractivity contribution in [2.75, 3.05) is 40.3 Å². The molecule has 3 aliphatic carbocycles. The minimum absolute atomic E-state index is 0.0171. The zero-order valence-corrected chi connectivity index (χ0v) is 19.3. The van der Waals surface area contributed by atoms with E-state index in [0.717, 1.165) is 24.2 Å². The van der Waals surface area contributed by atoms with Crippen molar-refractivity contribution in [1.82, 2.24) is 15.1 Å². The van der Waals surface area contributed by atoms with Gasteiger partial charge >= 0.3 is 0 Å². The van der Waals surface area contributed by atoms with Crippen molar-refractivity contribution < 1.29 is 24.9 Å². The molecule has 5 aliphatic rings. The molecular weight excluding hydrogens is 422 g/mol. The van der Waals surface area contributed by atoms with Crippen LogP contribution in [0.5, 0.6) is 11.5 Å². The SMILES string of the molecule is CN(C)CCNC(=O)C1=C(O)[C@@H]2Oc3c(O)ccc4c3[C@@]23CCN(CC2CC2)[C@H](C4)[C@]3(O)C1. The predicted octanol–water partition coefficient (Wildman–Crippen LogP) is 1.06. The minimum Gasteiger partial charge on any atom is -0.508 e. The quantitative estimate of drug-likeness (QED) is 0.508. The number of aliphatic hydroxyl groups excluding tert-OH is 1. The highest BCUT2D eigenvalue weighted by molar-refractivity contribution is 5.95. The number of hydrogen-bond donors (Lipinski definition) is 4. The molecule has 4 atom stereocenters. The predicted molar refractivity (Wildman–Crippen MR) is 121 cm³/mol. The molecule has 1 saturated heterocycles. The lowest BCUT2D eigenvalue weighted by atomic mass is 9.49. The molecule has 1 amide bonds. The Morgan fingerprint density at radius 3 is 2.82 bits per heavy atom. The lowest BCUT2D eigenvalue weighted by Gasteiger charge is -2.62. The smallest absolute Gasteiger partial charge is 0.250 e. The van der Waals surface area contributed by atoms with Gasteiger partial charge in [0.1, 0.15) is 5.76 Å². The number of amides is 1. The third kappa shape index (κ3) is 2.83. The van der Waals surface area contributed by atoms with Crippen molar-refractivity contribution >= 4 is 5.91 Å². The highest BCUT2D eigenvalue weighted by atomic mass is 16.5. The Morgan fingerprint density at radius 2 is 2.09 bits per heavy atom. The number of likely N-dealkylation sites (N-methyl/N-ethyl adjacent to an activating group) is 1. The van der Waals surface area contributed by atoms with E-state index < -0.39 is 17.1 Å². The van der Waals surface area contributed by atoms with Gasteiger partial charge in [-0.1, -0.05) is 6.07 Å². The van der Waals surface area contributed by atoms with Crippen LogP contribution in [0, 0.1) is 5.92 Å². The van der Waals surface area contributed by atoms with Crippen molar-refractivity contribution in [2.24, 2.45) is 5.92 Å². The Labute approximate surface area is 193 Å². The van der Waals surface area contributed by atoms with Crippen LogP contribution < -0.4 is 10.1 Å². The molecule has 4 N–H and O–H groups in total. The van der Waals surface area contributed by atoms with Crippen LogP contribution in [-0.4, -0.2) is 89.0 Å². The number of benzene rings is 1. The third-order valence-electron chi connectivity index (χ3n) is 8.64. The highest BCUT2D eigenvalue weighted by Crippen LogP contribution is 2.66. The summed E-state index contributed by atoms with van der Waals surface area (Å²) in [5, 5.41) is 37.3. The van der Waals surface area contributed by atoms with Crippen LogP contribution in [0.3, 0.4) is 0 Å². The maximum absolute atomic E-state index is 13.1. The van der Waals surface area contributed by atoms with Crippen LogP contribution in [-0.2, 0) is 16.6 Å². The first kappa shape index (κ1) is 21.3. The van der Waals surface area contributed by atoms with Gasteiger partial charge < -0.3 is 30.3 Å². The Hall–Kier alpha value is -2.29. The summed E-state index contributed by atoms with van der Waals surface area (Å²) in [4.78, 5) is 17.5. The summed E-state index contributed by atoms with van der Waals surface area (Å²) < 4.78 is 6.21. The third-order valence-corrected chi connectivity index (χ3v) is 8.64. The zero-order chi connectivity index (χ0) is 23.1. The Balaban J connectivity index is 1.45. The van der Waals surface area contributed by atoms with Crippen molar-refractivity contribution in [3.8, 4) is 11.5 Å². The summed E-state index contributed by atoms with van der Waals surface area (Å²) in [6.07, 6.45) is 2.91. The first-order chi connectivity index (χ1) is 15.8. The molecule has 6 rings (SSSR count). The fraction of sp³-hybridized carbons (Fsp3) is 0.640. The second-order valence-corrected chi connectivity index (χ2v) is 10.8. The second kappa shape index (κ2) is 7.10. The van der Waals surface area contributed by atoms with Gasteiger partial charge in [0.2, 0.25) is 0 Å². The van der Waals surface area contributed by atoms with E-state index in [1.54, 1.807) is 6.07 Å². The minimum atomic E-state index is -1.27. The number of nitrogens with zero attached hydrogens (tertiary/aromatic N) is 2. The number of phenolic OH excluding ortho intramolecular Hbond substituents is 1. The average Bonchev–Trinajstić information content (AvgIpc) is 3.50. The van der Waals surface area contributed by atoms with Crippen LogP contribution in [0.4, 0.5) is 0 Å². The van der Waals surface area contributed by atoms with Gasteiger partial charge in [-0.3, -0.25) is 9.69 Å². The molecule has 2 heterocycles. The largest absolute Gasteiger partial charge is 0.508 e. The molecule has 1 aromatic carbocycles. The Morgan fingerprint density at radius 1 is 1.30 bits per heavy atom. The van der Waals surface area contributed by atoms with E-state index in [2.05, 4.69) is 10.2 Å². The van der Waals surface area contributed by atoms with Gasteiger partial charge in [-0.25, -0.2) is 0 Å². The number of carbonyl (C=O) groups is 1. The van der Waals surface area contributed by atoms with Crippen LogP contribution in [0.25, 0.3) is 0 Å². The van der Waals surface area contributed by atoms with E-state index in [9.17, 15) is 20.1 Å². The number of hydrogen-bond acceptors (Lipinski definition) is 7. The van der Waals surface area contributed by atoms with E-state index in [0.29, 0.717) is 37.6 Å². The summed E-state index contributed by atoms with van der Waals surface area (Å²) >= 11 is 0. The fourth-order valence-corrected chi connectivity index (χ4v) is 6.87. The van der Waals surface area contributed by atoms with Crippen molar-refractivity contribution in [3.05, 3.63) is 34.6 Å². The number of nitrogens with one attached hydrogen (secondary N) is 1. The lowest BCUT2D eigenvalue weighted by Crippen LogP contribution is -2.75. The van der Waals surface area contributed by atoms with Crippen LogP contribution in [0.2, 0.25) is 0 Å². The van der Waals surface area contributed by atoms with Gasteiger partial charge in [0.25, 0.3) is 5.91 Å². The van der Waals surface area contributed by atoms with Crippen LogP contribution >= 0.6 is 0 Å². The van der Waals surface area contributed by atoms with Gasteiger partial charge in [0.15, 0.2) is 17.6 Å². The summed E-state index contributed by atoms with van der Waals surface area (Å²) in [5.41, 5.74) is -0.0391. The molecule has 0 unspecified atom stereocenters. The van der Waals surface area contributed by atoms with E-state index in [-0.39, 0.29) is 35.5 Å². The number of rotatable bonds is 6. The molecule has 1 spiro atoms. The Kier molecular flexibility index (Phi) is 4.58. The van der Waals surface area contributed by atoms with Gasteiger partial charge in [-0.15, -0.1) is 0 Å². The van der Waals surface area contributed by atoms with Crippen molar-refractivity contribution in [1.29, 1.82) is 0 Å². The maximum Gasteiger partial charge on any atom is 0.250 e. The fourth-order valence-electron chi connectivity index (χ4n) is 6.87.